The Labute approximate surface area is 104 Å². The third-order valence-corrected chi connectivity index (χ3v) is 3.50. The predicted octanol–water partition coefficient (Wildman–Crippen LogP) is 3.31. The smallest absolute Gasteiger partial charge is 0.186 e. The van der Waals surface area contributed by atoms with Gasteiger partial charge in [0, 0.05) is 22.4 Å². The lowest BCUT2D eigenvalue weighted by molar-refractivity contribution is 0.607. The van der Waals surface area contributed by atoms with Crippen molar-refractivity contribution < 1.29 is 4.39 Å². The molecule has 17 heavy (non-hydrogen) atoms. The second-order valence-corrected chi connectivity index (χ2v) is 5.33. The summed E-state index contributed by atoms with van der Waals surface area (Å²) in [6.45, 7) is 5.71. The number of aryl methyl sites for hydroxylation is 3. The fourth-order valence-electron chi connectivity index (χ4n) is 1.70. The largest absolute Gasteiger partial charge is 0.371 e. The van der Waals surface area contributed by atoms with Gasteiger partial charge in [0.2, 0.25) is 0 Å². The van der Waals surface area contributed by atoms with E-state index in [0.29, 0.717) is 11.5 Å². The van der Waals surface area contributed by atoms with Gasteiger partial charge in [-0.2, -0.15) is 0 Å². The van der Waals surface area contributed by atoms with Crippen molar-refractivity contribution in [1.29, 1.82) is 0 Å². The van der Waals surface area contributed by atoms with Crippen molar-refractivity contribution in [2.75, 3.05) is 12.4 Å². The summed E-state index contributed by atoms with van der Waals surface area (Å²) in [5.41, 5.74) is 1.34. The number of hydrogen-bond acceptors (Lipinski definition) is 4. The first kappa shape index (κ1) is 12.0. The van der Waals surface area contributed by atoms with Gasteiger partial charge in [0.15, 0.2) is 17.5 Å². The Morgan fingerprint density at radius 2 is 1.94 bits per heavy atom. The van der Waals surface area contributed by atoms with E-state index in [0.717, 1.165) is 10.4 Å². The van der Waals surface area contributed by atoms with Crippen LogP contribution in [-0.2, 0) is 0 Å². The highest BCUT2D eigenvalue weighted by Crippen LogP contribution is 2.29. The summed E-state index contributed by atoms with van der Waals surface area (Å²) >= 11 is 1.69. The van der Waals surface area contributed by atoms with Crippen molar-refractivity contribution in [3.05, 3.63) is 27.3 Å². The lowest BCUT2D eigenvalue weighted by Crippen LogP contribution is -2.03. The molecule has 0 aliphatic heterocycles. The van der Waals surface area contributed by atoms with E-state index in [2.05, 4.69) is 15.3 Å². The van der Waals surface area contributed by atoms with Crippen molar-refractivity contribution in [1.82, 2.24) is 9.97 Å². The molecule has 2 rings (SSSR count). The molecule has 0 spiro atoms. The summed E-state index contributed by atoms with van der Waals surface area (Å²) in [5, 5.41) is 2.75. The van der Waals surface area contributed by atoms with Gasteiger partial charge >= 0.3 is 0 Å². The molecule has 2 aromatic heterocycles. The molecule has 0 atom stereocenters. The Kier molecular flexibility index (Phi) is 3.11. The zero-order chi connectivity index (χ0) is 12.6. The van der Waals surface area contributed by atoms with E-state index < -0.39 is 0 Å². The first-order valence-corrected chi connectivity index (χ1v) is 6.14. The fraction of sp³-hybridized carbons (Fsp3) is 0.333. The van der Waals surface area contributed by atoms with Gasteiger partial charge in [0.25, 0.3) is 0 Å². The number of anilines is 1. The quantitative estimate of drug-likeness (QED) is 0.889. The van der Waals surface area contributed by atoms with E-state index in [1.54, 1.807) is 25.3 Å². The van der Waals surface area contributed by atoms with Crippen LogP contribution in [0.2, 0.25) is 0 Å². The molecule has 0 bridgehead atoms. The van der Waals surface area contributed by atoms with Gasteiger partial charge in [-0.05, 0) is 26.8 Å². The summed E-state index contributed by atoms with van der Waals surface area (Å²) in [5.74, 6) is 0.437. The van der Waals surface area contributed by atoms with Gasteiger partial charge in [-0.1, -0.05) is 0 Å². The molecule has 1 N–H and O–H groups in total. The van der Waals surface area contributed by atoms with Crippen molar-refractivity contribution >= 4 is 17.2 Å². The van der Waals surface area contributed by atoms with Crippen LogP contribution in [0.15, 0.2) is 6.07 Å². The molecule has 2 aromatic rings. The van der Waals surface area contributed by atoms with Crippen LogP contribution in [0.5, 0.6) is 0 Å². The Morgan fingerprint density at radius 1 is 1.24 bits per heavy atom. The second-order valence-electron chi connectivity index (χ2n) is 3.87. The van der Waals surface area contributed by atoms with Crippen LogP contribution in [0.25, 0.3) is 11.4 Å². The Hall–Kier alpha value is -1.49. The lowest BCUT2D eigenvalue weighted by atomic mass is 10.2. The molecular weight excluding hydrogens is 237 g/mol. The van der Waals surface area contributed by atoms with Crippen molar-refractivity contribution in [3.8, 4) is 11.4 Å². The van der Waals surface area contributed by atoms with Crippen LogP contribution >= 0.6 is 11.3 Å². The van der Waals surface area contributed by atoms with Crippen LogP contribution in [0, 0.1) is 26.6 Å². The first-order valence-electron chi connectivity index (χ1n) is 5.32. The third-order valence-electron chi connectivity index (χ3n) is 2.54. The number of thiophene rings is 1. The molecule has 0 amide bonds. The van der Waals surface area contributed by atoms with E-state index in [9.17, 15) is 4.39 Å². The molecule has 0 aromatic carbocycles. The molecule has 0 saturated heterocycles. The number of nitrogens with one attached hydrogen (secondary N) is 1. The number of halogens is 1. The van der Waals surface area contributed by atoms with E-state index in [1.807, 2.05) is 19.9 Å². The van der Waals surface area contributed by atoms with Gasteiger partial charge in [0.05, 0.1) is 5.69 Å². The van der Waals surface area contributed by atoms with Crippen molar-refractivity contribution in [2.45, 2.75) is 20.8 Å². The summed E-state index contributed by atoms with van der Waals surface area (Å²) < 4.78 is 13.6. The molecule has 0 fully saturated rings. The maximum atomic E-state index is 13.6. The van der Waals surface area contributed by atoms with Crippen LogP contribution < -0.4 is 5.32 Å². The Bertz CT molecular complexity index is 563. The fourth-order valence-corrected chi connectivity index (χ4v) is 2.62. The minimum Gasteiger partial charge on any atom is -0.371 e. The summed E-state index contributed by atoms with van der Waals surface area (Å²) in [7, 11) is 1.65. The highest BCUT2D eigenvalue weighted by molar-refractivity contribution is 7.12. The maximum Gasteiger partial charge on any atom is 0.186 e. The highest BCUT2D eigenvalue weighted by atomic mass is 32.1. The normalized spacial score (nSPS) is 10.6. The SMILES string of the molecule is CNc1nc(-c2cc(C)sc2C)nc(C)c1F. The molecule has 3 nitrogen and oxygen atoms in total. The van der Waals surface area contributed by atoms with Crippen LogP contribution in [0.1, 0.15) is 15.4 Å². The van der Waals surface area contributed by atoms with E-state index in [1.165, 1.54) is 4.88 Å². The van der Waals surface area contributed by atoms with Gasteiger partial charge in [-0.3, -0.25) is 0 Å². The highest BCUT2D eigenvalue weighted by Gasteiger charge is 2.14. The maximum absolute atomic E-state index is 13.6. The Morgan fingerprint density at radius 3 is 2.47 bits per heavy atom. The summed E-state index contributed by atoms with van der Waals surface area (Å²) in [6.07, 6.45) is 0. The van der Waals surface area contributed by atoms with Gasteiger partial charge in [0.1, 0.15) is 0 Å². The minimum absolute atomic E-state index is 0.246. The zero-order valence-electron chi connectivity index (χ0n) is 10.3. The minimum atomic E-state index is -0.388. The van der Waals surface area contributed by atoms with Crippen molar-refractivity contribution in [3.63, 3.8) is 0 Å². The Balaban J connectivity index is 2.60. The second kappa shape index (κ2) is 4.41. The van der Waals surface area contributed by atoms with E-state index in [-0.39, 0.29) is 11.6 Å². The molecule has 90 valence electrons. The van der Waals surface area contributed by atoms with E-state index in [4.69, 9.17) is 0 Å². The predicted molar refractivity (Wildman–Crippen MR) is 69.1 cm³/mol. The van der Waals surface area contributed by atoms with Crippen molar-refractivity contribution in [2.24, 2.45) is 0 Å². The topological polar surface area (TPSA) is 37.8 Å². The monoisotopic (exact) mass is 251 g/mol. The molecule has 2 heterocycles. The molecule has 0 aliphatic rings. The average Bonchev–Trinajstić information content (AvgIpc) is 2.61. The lowest BCUT2D eigenvalue weighted by Gasteiger charge is -2.06. The van der Waals surface area contributed by atoms with Gasteiger partial charge < -0.3 is 5.32 Å². The summed E-state index contributed by atoms with van der Waals surface area (Å²) in [4.78, 5) is 10.8. The molecule has 0 saturated carbocycles. The first-order chi connectivity index (χ1) is 8.02. The third kappa shape index (κ3) is 2.15. The molecule has 0 unspecified atom stereocenters. The molecule has 0 aliphatic carbocycles. The molecule has 0 radical (unpaired) electrons. The number of rotatable bonds is 2. The molecular formula is C12H14FN3S. The van der Waals surface area contributed by atoms with Gasteiger partial charge in [-0.15, -0.1) is 11.3 Å². The zero-order valence-corrected chi connectivity index (χ0v) is 11.1. The number of aromatic nitrogens is 2. The van der Waals surface area contributed by atoms with Crippen LogP contribution in [0.4, 0.5) is 10.2 Å². The number of hydrogen-bond donors (Lipinski definition) is 1. The summed E-state index contributed by atoms with van der Waals surface area (Å²) in [6, 6.07) is 2.03. The van der Waals surface area contributed by atoms with Crippen LogP contribution in [-0.4, -0.2) is 17.0 Å². The molecule has 5 heteroatoms. The number of nitrogens with zero attached hydrogens (tertiary/aromatic N) is 2. The van der Waals surface area contributed by atoms with E-state index >= 15 is 0 Å². The van der Waals surface area contributed by atoms with Gasteiger partial charge in [-0.25, -0.2) is 14.4 Å². The average molecular weight is 251 g/mol. The van der Waals surface area contributed by atoms with Crippen LogP contribution in [0.3, 0.4) is 0 Å². The standard InChI is InChI=1S/C12H14FN3S/c1-6-5-9(8(3)17-6)11-15-7(2)10(13)12(14-4)16-11/h5H,1-4H3,(H,14,15,16).